The van der Waals surface area contributed by atoms with Gasteiger partial charge in [0, 0.05) is 16.4 Å². The van der Waals surface area contributed by atoms with Crippen molar-refractivity contribution in [3.05, 3.63) is 34.3 Å². The molecule has 30 heavy (non-hydrogen) atoms. The fourth-order valence-electron chi connectivity index (χ4n) is 4.49. The number of benzene rings is 1. The molecule has 6 heteroatoms. The van der Waals surface area contributed by atoms with Crippen molar-refractivity contribution in [2.45, 2.75) is 84.9 Å². The lowest BCUT2D eigenvalue weighted by Crippen LogP contribution is -2.56. The van der Waals surface area contributed by atoms with Crippen molar-refractivity contribution in [3.63, 3.8) is 0 Å². The van der Waals surface area contributed by atoms with Gasteiger partial charge in [0.15, 0.2) is 0 Å². The summed E-state index contributed by atoms with van der Waals surface area (Å²) < 4.78 is 15.6. The van der Waals surface area contributed by atoms with Gasteiger partial charge >= 0.3 is 5.97 Å². The van der Waals surface area contributed by atoms with E-state index in [-0.39, 0.29) is 11.3 Å². The number of rotatable bonds is 7. The number of hydrogen-bond acceptors (Lipinski definition) is 3. The minimum atomic E-state index is -1.44. The molecule has 0 bridgehead atoms. The molecule has 170 valence electrons. The van der Waals surface area contributed by atoms with E-state index < -0.39 is 33.5 Å². The third kappa shape index (κ3) is 5.35. The second-order valence-electron chi connectivity index (χ2n) is 11.3. The number of aliphatic carboxylic acids is 1. The Morgan fingerprint density at radius 1 is 1.20 bits per heavy atom. The Bertz CT molecular complexity index is 784. The zero-order valence-corrected chi connectivity index (χ0v) is 21.4. The maximum atomic E-state index is 13.0. The van der Waals surface area contributed by atoms with E-state index >= 15 is 0 Å². The molecule has 0 unspecified atom stereocenters. The molecule has 1 fully saturated rings. The van der Waals surface area contributed by atoms with Gasteiger partial charge in [0.1, 0.15) is 4.75 Å². The molecule has 1 aliphatic rings. The lowest BCUT2D eigenvalue weighted by molar-refractivity contribution is -0.146. The molecule has 0 radical (unpaired) electrons. The van der Waals surface area contributed by atoms with Gasteiger partial charge in [0.25, 0.3) is 0 Å². The Labute approximate surface area is 190 Å². The van der Waals surface area contributed by atoms with Gasteiger partial charge in [0.05, 0.1) is 11.5 Å². The van der Waals surface area contributed by atoms with Gasteiger partial charge in [-0.2, -0.15) is 0 Å². The number of halogens is 1. The SMILES string of the molecule is CC(C)[C@H](C(=O)O)[C@](C)(N[S@@+]([O-])C(C)(C)C)c1ccc([C@@H]2C[C@H]2C(C)(C)C)c(Cl)c1. The molecule has 2 rings (SSSR count). The molecule has 1 aromatic carbocycles. The minimum Gasteiger partial charge on any atom is -0.598 e. The van der Waals surface area contributed by atoms with Crippen LogP contribution >= 0.6 is 11.6 Å². The predicted octanol–water partition coefficient (Wildman–Crippen LogP) is 6.11. The van der Waals surface area contributed by atoms with Crippen LogP contribution in [0.4, 0.5) is 0 Å². The third-order valence-corrected chi connectivity index (χ3v) is 8.37. The van der Waals surface area contributed by atoms with Crippen LogP contribution in [0.25, 0.3) is 0 Å². The smallest absolute Gasteiger partial charge is 0.309 e. The monoisotopic (exact) mass is 455 g/mol. The van der Waals surface area contributed by atoms with Crippen LogP contribution in [0.5, 0.6) is 0 Å². The summed E-state index contributed by atoms with van der Waals surface area (Å²) in [5.41, 5.74) is 1.07. The Balaban J connectivity index is 2.49. The first-order chi connectivity index (χ1) is 13.5. The second-order valence-corrected chi connectivity index (χ2v) is 13.7. The van der Waals surface area contributed by atoms with E-state index in [1.807, 2.05) is 59.7 Å². The van der Waals surface area contributed by atoms with Gasteiger partial charge in [-0.1, -0.05) is 58.4 Å². The zero-order valence-electron chi connectivity index (χ0n) is 19.8. The van der Waals surface area contributed by atoms with Crippen molar-refractivity contribution in [1.29, 1.82) is 0 Å². The van der Waals surface area contributed by atoms with Crippen LogP contribution in [-0.4, -0.2) is 20.4 Å². The minimum absolute atomic E-state index is 0.163. The average Bonchev–Trinajstić information content (AvgIpc) is 3.33. The average molecular weight is 456 g/mol. The van der Waals surface area contributed by atoms with E-state index in [9.17, 15) is 14.5 Å². The highest BCUT2D eigenvalue weighted by molar-refractivity contribution is 7.90. The summed E-state index contributed by atoms with van der Waals surface area (Å²) in [5, 5.41) is 10.7. The lowest BCUT2D eigenvalue weighted by Gasteiger charge is -2.40. The first-order valence-electron chi connectivity index (χ1n) is 10.7. The van der Waals surface area contributed by atoms with Gasteiger partial charge in [-0.15, -0.1) is 4.72 Å². The first-order valence-corrected chi connectivity index (χ1v) is 12.3. The highest BCUT2D eigenvalue weighted by Crippen LogP contribution is 2.58. The Morgan fingerprint density at radius 3 is 2.13 bits per heavy atom. The Hall–Kier alpha value is -0.750. The largest absolute Gasteiger partial charge is 0.598 e. The van der Waals surface area contributed by atoms with Crippen LogP contribution in [0.3, 0.4) is 0 Å². The summed E-state index contributed by atoms with van der Waals surface area (Å²) in [5.74, 6) is -0.810. The summed E-state index contributed by atoms with van der Waals surface area (Å²) in [6.07, 6.45) is 1.12. The summed E-state index contributed by atoms with van der Waals surface area (Å²) in [4.78, 5) is 12.2. The summed E-state index contributed by atoms with van der Waals surface area (Å²) in [7, 11) is 0. The predicted molar refractivity (Wildman–Crippen MR) is 126 cm³/mol. The molecular weight excluding hydrogens is 418 g/mol. The fourth-order valence-corrected chi connectivity index (χ4v) is 5.75. The molecule has 2 N–H and O–H groups in total. The van der Waals surface area contributed by atoms with Gasteiger partial charge in [-0.3, -0.25) is 4.79 Å². The first kappa shape index (κ1) is 25.5. The topological polar surface area (TPSA) is 72.4 Å². The second kappa shape index (κ2) is 8.65. The number of carboxylic acid groups (broad SMARTS) is 1. The normalized spacial score (nSPS) is 23.7. The maximum absolute atomic E-state index is 13.0. The third-order valence-electron chi connectivity index (χ3n) is 6.32. The van der Waals surface area contributed by atoms with Gasteiger partial charge < -0.3 is 9.66 Å². The van der Waals surface area contributed by atoms with Crippen LogP contribution in [-0.2, 0) is 21.7 Å². The molecule has 0 amide bonds. The van der Waals surface area contributed by atoms with Gasteiger partial charge in [-0.25, -0.2) is 0 Å². The molecule has 0 heterocycles. The van der Waals surface area contributed by atoms with E-state index in [4.69, 9.17) is 11.6 Å². The molecule has 0 saturated heterocycles. The number of nitrogens with one attached hydrogen (secondary N) is 1. The lowest BCUT2D eigenvalue weighted by atomic mass is 9.74. The summed E-state index contributed by atoms with van der Waals surface area (Å²) in [6.45, 7) is 18.0. The highest BCUT2D eigenvalue weighted by atomic mass is 35.5. The number of carbonyl (C=O) groups is 1. The van der Waals surface area contributed by atoms with E-state index in [2.05, 4.69) is 25.5 Å². The Morgan fingerprint density at radius 2 is 1.77 bits per heavy atom. The van der Waals surface area contributed by atoms with E-state index in [1.54, 1.807) is 0 Å². The van der Waals surface area contributed by atoms with Crippen LogP contribution in [0.2, 0.25) is 5.02 Å². The zero-order chi connectivity index (χ0) is 23.2. The van der Waals surface area contributed by atoms with Crippen molar-refractivity contribution in [2.75, 3.05) is 0 Å². The summed E-state index contributed by atoms with van der Waals surface area (Å²) >= 11 is 5.28. The molecular formula is C24H38ClNO3S. The van der Waals surface area contributed by atoms with Gasteiger partial charge in [0.2, 0.25) is 0 Å². The molecule has 1 aliphatic carbocycles. The molecule has 4 nitrogen and oxygen atoms in total. The number of hydrogen-bond donors (Lipinski definition) is 2. The molecule has 5 atom stereocenters. The van der Waals surface area contributed by atoms with Crippen molar-refractivity contribution in [3.8, 4) is 0 Å². The quantitative estimate of drug-likeness (QED) is 0.486. The van der Waals surface area contributed by atoms with E-state index in [1.165, 1.54) is 0 Å². The Kier molecular flexibility index (Phi) is 7.35. The molecule has 1 aromatic rings. The standard InChI is InChI=1S/C24H38ClNO3S/c1-14(2)20(21(27)28)24(9,26-30(29)23(6,7)8)15-10-11-16(19(25)12-15)17-13-18(17)22(3,4)5/h10-12,14,17-18,20,26H,13H2,1-9H3,(H,27,28)/t17-,18+,20+,24+,30-/m0/s1. The van der Waals surface area contributed by atoms with Crippen LogP contribution < -0.4 is 4.72 Å². The van der Waals surface area contributed by atoms with E-state index in [0.29, 0.717) is 16.9 Å². The van der Waals surface area contributed by atoms with Crippen molar-refractivity contribution >= 4 is 28.9 Å². The van der Waals surface area contributed by atoms with Crippen molar-refractivity contribution in [2.24, 2.45) is 23.2 Å². The molecule has 0 aromatic heterocycles. The van der Waals surface area contributed by atoms with Crippen molar-refractivity contribution < 1.29 is 14.5 Å². The fraction of sp³-hybridized carbons (Fsp3) is 0.708. The van der Waals surface area contributed by atoms with E-state index in [0.717, 1.165) is 17.5 Å². The molecule has 0 aliphatic heterocycles. The van der Waals surface area contributed by atoms with Crippen molar-refractivity contribution in [1.82, 2.24) is 4.72 Å². The molecule has 1 saturated carbocycles. The van der Waals surface area contributed by atoms with Crippen LogP contribution in [0.15, 0.2) is 18.2 Å². The highest BCUT2D eigenvalue weighted by Gasteiger charge is 2.49. The van der Waals surface area contributed by atoms with Gasteiger partial charge in [-0.05, 0) is 74.5 Å². The summed E-state index contributed by atoms with van der Waals surface area (Å²) in [6, 6.07) is 5.87. The maximum Gasteiger partial charge on any atom is 0.309 e. The molecule has 0 spiro atoms. The van der Waals surface area contributed by atoms with Crippen LogP contribution in [0, 0.1) is 23.2 Å². The number of carboxylic acids is 1. The van der Waals surface area contributed by atoms with Crippen LogP contribution in [0.1, 0.15) is 85.8 Å².